The van der Waals surface area contributed by atoms with Gasteiger partial charge in [0.2, 0.25) is 0 Å². The SMILES string of the molecule is COc1cc(OC)c(C(=O)OC(C)(C)C)c(O)c1Br. The van der Waals surface area contributed by atoms with Crippen molar-refractivity contribution in [1.29, 1.82) is 0 Å². The lowest BCUT2D eigenvalue weighted by molar-refractivity contribution is 0.00635. The highest BCUT2D eigenvalue weighted by Crippen LogP contribution is 2.42. The molecule has 0 radical (unpaired) electrons. The Morgan fingerprint density at radius 1 is 1.21 bits per heavy atom. The molecule has 0 atom stereocenters. The lowest BCUT2D eigenvalue weighted by Gasteiger charge is -2.21. The smallest absolute Gasteiger partial charge is 0.346 e. The fourth-order valence-corrected chi connectivity index (χ4v) is 1.91. The zero-order valence-electron chi connectivity index (χ0n) is 11.5. The van der Waals surface area contributed by atoms with Crippen LogP contribution in [-0.4, -0.2) is 30.9 Å². The first-order valence-corrected chi connectivity index (χ1v) is 6.37. The van der Waals surface area contributed by atoms with Gasteiger partial charge in [-0.05, 0) is 36.7 Å². The molecule has 106 valence electrons. The molecule has 0 unspecified atom stereocenters. The van der Waals surface area contributed by atoms with E-state index in [-0.39, 0.29) is 21.5 Å². The summed E-state index contributed by atoms with van der Waals surface area (Å²) in [5, 5.41) is 10.1. The van der Waals surface area contributed by atoms with Crippen LogP contribution in [0, 0.1) is 0 Å². The third-order valence-corrected chi connectivity index (χ3v) is 2.98. The molecule has 1 N–H and O–H groups in total. The van der Waals surface area contributed by atoms with Gasteiger partial charge >= 0.3 is 5.97 Å². The fraction of sp³-hybridized carbons (Fsp3) is 0.462. The van der Waals surface area contributed by atoms with Gasteiger partial charge in [0.05, 0.1) is 14.2 Å². The lowest BCUT2D eigenvalue weighted by Crippen LogP contribution is -2.24. The van der Waals surface area contributed by atoms with E-state index in [9.17, 15) is 9.90 Å². The second kappa shape index (κ2) is 5.69. The summed E-state index contributed by atoms with van der Waals surface area (Å²) in [5.74, 6) is -0.385. The zero-order chi connectivity index (χ0) is 14.8. The van der Waals surface area contributed by atoms with Gasteiger partial charge in [0.1, 0.15) is 27.1 Å². The number of esters is 1. The van der Waals surface area contributed by atoms with Gasteiger partial charge in [0, 0.05) is 6.07 Å². The number of phenols is 1. The third kappa shape index (κ3) is 3.53. The van der Waals surface area contributed by atoms with E-state index in [2.05, 4.69) is 15.9 Å². The molecule has 0 aliphatic carbocycles. The highest BCUT2D eigenvalue weighted by atomic mass is 79.9. The molecule has 0 heterocycles. The van der Waals surface area contributed by atoms with Gasteiger partial charge in [-0.25, -0.2) is 4.79 Å². The molecular formula is C13H17BrO5. The normalized spacial score (nSPS) is 11.1. The average Bonchev–Trinajstić information content (AvgIpc) is 2.29. The Bertz CT molecular complexity index is 491. The van der Waals surface area contributed by atoms with E-state index < -0.39 is 11.6 Å². The van der Waals surface area contributed by atoms with Crippen molar-refractivity contribution in [3.05, 3.63) is 16.1 Å². The van der Waals surface area contributed by atoms with Crippen molar-refractivity contribution in [1.82, 2.24) is 0 Å². The number of phenolic OH excluding ortho intramolecular Hbond substituents is 1. The van der Waals surface area contributed by atoms with Gasteiger partial charge in [-0.2, -0.15) is 0 Å². The van der Waals surface area contributed by atoms with Crippen LogP contribution in [0.1, 0.15) is 31.1 Å². The number of benzene rings is 1. The van der Waals surface area contributed by atoms with Gasteiger partial charge in [0.25, 0.3) is 0 Å². The maximum Gasteiger partial charge on any atom is 0.346 e. The van der Waals surface area contributed by atoms with Crippen molar-refractivity contribution in [2.24, 2.45) is 0 Å². The summed E-state index contributed by atoms with van der Waals surface area (Å²) in [6.07, 6.45) is 0. The van der Waals surface area contributed by atoms with E-state index in [1.54, 1.807) is 20.8 Å². The minimum atomic E-state index is -0.666. The molecule has 6 heteroatoms. The van der Waals surface area contributed by atoms with Crippen LogP contribution in [-0.2, 0) is 4.74 Å². The molecule has 0 aromatic heterocycles. The monoisotopic (exact) mass is 332 g/mol. The van der Waals surface area contributed by atoms with E-state index in [0.29, 0.717) is 5.75 Å². The minimum Gasteiger partial charge on any atom is -0.506 e. The van der Waals surface area contributed by atoms with E-state index in [1.165, 1.54) is 20.3 Å². The van der Waals surface area contributed by atoms with Gasteiger partial charge in [0.15, 0.2) is 5.75 Å². The molecule has 0 saturated carbocycles. The Balaban J connectivity index is 3.34. The highest BCUT2D eigenvalue weighted by molar-refractivity contribution is 9.10. The van der Waals surface area contributed by atoms with E-state index in [1.807, 2.05) is 0 Å². The molecule has 1 aromatic rings. The number of methoxy groups -OCH3 is 2. The van der Waals surface area contributed by atoms with Crippen LogP contribution in [0.15, 0.2) is 10.5 Å². The van der Waals surface area contributed by atoms with Crippen LogP contribution in [0.2, 0.25) is 0 Å². The van der Waals surface area contributed by atoms with Crippen molar-refractivity contribution in [3.63, 3.8) is 0 Å². The molecule has 0 fully saturated rings. The highest BCUT2D eigenvalue weighted by Gasteiger charge is 2.27. The van der Waals surface area contributed by atoms with Gasteiger partial charge in [-0.1, -0.05) is 0 Å². The summed E-state index contributed by atoms with van der Waals surface area (Å²) in [6.45, 7) is 5.23. The van der Waals surface area contributed by atoms with Crippen LogP contribution in [0.5, 0.6) is 17.2 Å². The number of carbonyl (C=O) groups excluding carboxylic acids is 1. The first-order valence-electron chi connectivity index (χ1n) is 5.58. The Hall–Kier alpha value is -1.43. The first kappa shape index (κ1) is 15.6. The quantitative estimate of drug-likeness (QED) is 0.861. The molecule has 0 spiro atoms. The molecular weight excluding hydrogens is 316 g/mol. The van der Waals surface area contributed by atoms with Crippen LogP contribution < -0.4 is 9.47 Å². The molecule has 0 aliphatic rings. The van der Waals surface area contributed by atoms with Crippen LogP contribution in [0.4, 0.5) is 0 Å². The molecule has 0 bridgehead atoms. The predicted molar refractivity (Wildman–Crippen MR) is 74.1 cm³/mol. The molecule has 0 aliphatic heterocycles. The van der Waals surface area contributed by atoms with Crippen LogP contribution in [0.3, 0.4) is 0 Å². The Morgan fingerprint density at radius 2 is 1.74 bits per heavy atom. The van der Waals surface area contributed by atoms with Crippen LogP contribution in [0.25, 0.3) is 0 Å². The summed E-state index contributed by atoms with van der Waals surface area (Å²) >= 11 is 3.16. The molecule has 0 amide bonds. The van der Waals surface area contributed by atoms with Gasteiger partial charge < -0.3 is 19.3 Å². The number of hydrogen-bond donors (Lipinski definition) is 1. The summed E-state index contributed by atoms with van der Waals surface area (Å²) in [4.78, 5) is 12.1. The fourth-order valence-electron chi connectivity index (χ4n) is 1.43. The number of halogens is 1. The second-order valence-electron chi connectivity index (χ2n) is 4.82. The van der Waals surface area contributed by atoms with Crippen molar-refractivity contribution in [2.45, 2.75) is 26.4 Å². The average molecular weight is 333 g/mol. The van der Waals surface area contributed by atoms with Gasteiger partial charge in [-0.15, -0.1) is 0 Å². The van der Waals surface area contributed by atoms with Crippen molar-refractivity contribution in [3.8, 4) is 17.2 Å². The number of aromatic hydroxyl groups is 1. The summed E-state index contributed by atoms with van der Waals surface area (Å²) in [6, 6.07) is 1.50. The molecule has 1 rings (SSSR count). The molecule has 0 saturated heterocycles. The maximum atomic E-state index is 12.1. The molecule has 19 heavy (non-hydrogen) atoms. The number of rotatable bonds is 3. The first-order chi connectivity index (χ1) is 8.71. The lowest BCUT2D eigenvalue weighted by atomic mass is 10.1. The zero-order valence-corrected chi connectivity index (χ0v) is 13.1. The molecule has 1 aromatic carbocycles. The largest absolute Gasteiger partial charge is 0.506 e. The predicted octanol–water partition coefficient (Wildman–Crippen LogP) is 3.13. The maximum absolute atomic E-state index is 12.1. The summed E-state index contributed by atoms with van der Waals surface area (Å²) in [5.41, 5.74) is -0.703. The van der Waals surface area contributed by atoms with Crippen molar-refractivity contribution >= 4 is 21.9 Å². The summed E-state index contributed by atoms with van der Waals surface area (Å²) < 4.78 is 15.7. The third-order valence-electron chi connectivity index (χ3n) is 2.21. The Labute approximate surface area is 120 Å². The number of hydrogen-bond acceptors (Lipinski definition) is 5. The van der Waals surface area contributed by atoms with Crippen LogP contribution >= 0.6 is 15.9 Å². The van der Waals surface area contributed by atoms with Crippen molar-refractivity contribution < 1.29 is 24.1 Å². The Morgan fingerprint density at radius 3 is 2.16 bits per heavy atom. The Kier molecular flexibility index (Phi) is 4.68. The second-order valence-corrected chi connectivity index (χ2v) is 5.61. The standard InChI is InChI=1S/C13H17BrO5/c1-13(2,3)19-12(16)9-7(17-4)6-8(18-5)10(14)11(9)15/h6,15H,1-5H3. The summed E-state index contributed by atoms with van der Waals surface area (Å²) in [7, 11) is 2.85. The topological polar surface area (TPSA) is 65.0 Å². The van der Waals surface area contributed by atoms with E-state index >= 15 is 0 Å². The molecule has 5 nitrogen and oxygen atoms in total. The van der Waals surface area contributed by atoms with E-state index in [4.69, 9.17) is 14.2 Å². The minimum absolute atomic E-state index is 0.0369. The number of ether oxygens (including phenoxy) is 3. The number of carbonyl (C=O) groups is 1. The van der Waals surface area contributed by atoms with Gasteiger partial charge in [-0.3, -0.25) is 0 Å². The van der Waals surface area contributed by atoms with Crippen molar-refractivity contribution in [2.75, 3.05) is 14.2 Å². The van der Waals surface area contributed by atoms with E-state index in [0.717, 1.165) is 0 Å².